The fourth-order valence-electron chi connectivity index (χ4n) is 2.53. The Labute approximate surface area is 163 Å². The molecule has 4 rings (SSSR count). The van der Waals surface area contributed by atoms with Crippen LogP contribution < -0.4 is 5.56 Å². The first kappa shape index (κ1) is 17.8. The van der Waals surface area contributed by atoms with Crippen molar-refractivity contribution in [1.82, 2.24) is 20.2 Å². The molecule has 8 nitrogen and oxygen atoms in total. The molecule has 4 aromatic rings. The van der Waals surface area contributed by atoms with Gasteiger partial charge in [-0.3, -0.25) is 4.79 Å². The Balaban J connectivity index is 1.50. The van der Waals surface area contributed by atoms with Crippen molar-refractivity contribution in [2.75, 3.05) is 0 Å². The minimum Gasteiger partial charge on any atom is -0.463 e. The number of nitriles is 1. The molecule has 3 aromatic heterocycles. The number of nitrogens with one attached hydrogen (secondary N) is 1. The largest absolute Gasteiger partial charge is 0.463 e. The van der Waals surface area contributed by atoms with Crippen molar-refractivity contribution < 1.29 is 8.83 Å². The lowest BCUT2D eigenvalue weighted by Gasteiger charge is -2.03. The van der Waals surface area contributed by atoms with E-state index in [1.165, 1.54) is 18.0 Å². The number of hydrogen-bond donors (Lipinski definition) is 1. The first-order valence-electron chi connectivity index (χ1n) is 8.29. The van der Waals surface area contributed by atoms with E-state index in [1.54, 1.807) is 12.1 Å². The van der Waals surface area contributed by atoms with E-state index in [0.717, 1.165) is 5.56 Å². The van der Waals surface area contributed by atoms with Crippen LogP contribution in [0.4, 0.5) is 0 Å². The van der Waals surface area contributed by atoms with Crippen molar-refractivity contribution in [3.05, 3.63) is 82.0 Å². The Hall–Kier alpha value is -3.64. The second kappa shape index (κ2) is 7.94. The van der Waals surface area contributed by atoms with Gasteiger partial charge in [-0.05, 0) is 17.7 Å². The Morgan fingerprint density at radius 2 is 1.93 bits per heavy atom. The van der Waals surface area contributed by atoms with E-state index in [9.17, 15) is 10.1 Å². The molecule has 0 bridgehead atoms. The molecule has 0 spiro atoms. The number of furan rings is 1. The van der Waals surface area contributed by atoms with E-state index in [1.807, 2.05) is 36.4 Å². The molecular weight excluding hydrogens is 378 g/mol. The predicted octanol–water partition coefficient (Wildman–Crippen LogP) is 3.17. The van der Waals surface area contributed by atoms with Crippen LogP contribution >= 0.6 is 11.8 Å². The molecule has 0 radical (unpaired) electrons. The normalized spacial score (nSPS) is 10.7. The summed E-state index contributed by atoms with van der Waals surface area (Å²) in [4.78, 5) is 19.1. The summed E-state index contributed by atoms with van der Waals surface area (Å²) in [6, 6.07) is 15.0. The molecule has 9 heteroatoms. The minimum atomic E-state index is -0.526. The van der Waals surface area contributed by atoms with Gasteiger partial charge in [-0.1, -0.05) is 42.1 Å². The van der Waals surface area contributed by atoms with Gasteiger partial charge in [0, 0.05) is 0 Å². The number of rotatable bonds is 6. The van der Waals surface area contributed by atoms with Gasteiger partial charge in [0.05, 0.1) is 18.4 Å². The summed E-state index contributed by atoms with van der Waals surface area (Å²) in [5, 5.41) is 17.6. The maximum absolute atomic E-state index is 12.2. The molecule has 0 amide bonds. The molecule has 0 aliphatic rings. The molecule has 0 aliphatic heterocycles. The number of aromatic nitrogens is 4. The zero-order valence-electron chi connectivity index (χ0n) is 14.5. The predicted molar refractivity (Wildman–Crippen MR) is 100 cm³/mol. The van der Waals surface area contributed by atoms with Crippen LogP contribution in [0, 0.1) is 11.3 Å². The van der Waals surface area contributed by atoms with Gasteiger partial charge >= 0.3 is 0 Å². The molecule has 0 saturated heterocycles. The van der Waals surface area contributed by atoms with Gasteiger partial charge in [-0.25, -0.2) is 4.98 Å². The van der Waals surface area contributed by atoms with Gasteiger partial charge in [0.1, 0.15) is 17.3 Å². The lowest BCUT2D eigenvalue weighted by molar-refractivity contribution is 0.474. The van der Waals surface area contributed by atoms with Crippen LogP contribution in [0.1, 0.15) is 22.9 Å². The highest BCUT2D eigenvalue weighted by Gasteiger charge is 2.16. The summed E-state index contributed by atoms with van der Waals surface area (Å²) in [6.07, 6.45) is 2.01. The van der Waals surface area contributed by atoms with Crippen molar-refractivity contribution in [3.8, 4) is 17.5 Å². The first-order chi connectivity index (χ1) is 13.7. The molecule has 1 N–H and O–H groups in total. The van der Waals surface area contributed by atoms with Crippen molar-refractivity contribution in [2.24, 2.45) is 0 Å². The monoisotopic (exact) mass is 391 g/mol. The molecular formula is C19H13N5O3S. The average Bonchev–Trinajstić information content (AvgIpc) is 3.39. The topological polar surface area (TPSA) is 122 Å². The van der Waals surface area contributed by atoms with Crippen molar-refractivity contribution in [3.63, 3.8) is 0 Å². The number of H-pyrrole nitrogens is 1. The summed E-state index contributed by atoms with van der Waals surface area (Å²) >= 11 is 1.22. The molecule has 138 valence electrons. The van der Waals surface area contributed by atoms with Crippen LogP contribution in [-0.4, -0.2) is 20.2 Å². The molecule has 0 atom stereocenters. The molecule has 3 heterocycles. The second-order valence-corrected chi connectivity index (χ2v) is 6.69. The first-order valence-corrected chi connectivity index (χ1v) is 9.28. The zero-order valence-corrected chi connectivity index (χ0v) is 15.3. The highest BCUT2D eigenvalue weighted by atomic mass is 32.2. The van der Waals surface area contributed by atoms with Gasteiger partial charge in [0.15, 0.2) is 10.9 Å². The Morgan fingerprint density at radius 3 is 2.68 bits per heavy atom. The van der Waals surface area contributed by atoms with Crippen molar-refractivity contribution >= 4 is 11.8 Å². The summed E-state index contributed by atoms with van der Waals surface area (Å²) < 4.78 is 10.9. The van der Waals surface area contributed by atoms with E-state index in [-0.39, 0.29) is 11.3 Å². The third kappa shape index (κ3) is 3.87. The quantitative estimate of drug-likeness (QED) is 0.393. The number of aromatic amines is 1. The third-order valence-corrected chi connectivity index (χ3v) is 4.66. The molecule has 0 aliphatic carbocycles. The van der Waals surface area contributed by atoms with Crippen LogP contribution in [0.15, 0.2) is 67.5 Å². The minimum absolute atomic E-state index is 0.0952. The molecule has 0 fully saturated rings. The fourth-order valence-corrected chi connectivity index (χ4v) is 3.23. The maximum atomic E-state index is 12.2. The third-order valence-electron chi connectivity index (χ3n) is 3.80. The lowest BCUT2D eigenvalue weighted by atomic mass is 10.2. The number of benzene rings is 1. The number of hydrogen-bond acceptors (Lipinski definition) is 8. The number of thioether (sulfide) groups is 1. The van der Waals surface area contributed by atoms with Crippen LogP contribution in [-0.2, 0) is 12.2 Å². The highest BCUT2D eigenvalue weighted by molar-refractivity contribution is 7.98. The van der Waals surface area contributed by atoms with Crippen LogP contribution in [0.25, 0.3) is 11.5 Å². The smallest absolute Gasteiger partial charge is 0.270 e. The van der Waals surface area contributed by atoms with Crippen LogP contribution in [0.3, 0.4) is 0 Å². The second-order valence-electron chi connectivity index (χ2n) is 5.72. The molecule has 1 aromatic carbocycles. The van der Waals surface area contributed by atoms with E-state index < -0.39 is 5.56 Å². The van der Waals surface area contributed by atoms with Crippen LogP contribution in [0.5, 0.6) is 0 Å². The zero-order chi connectivity index (χ0) is 19.3. The maximum Gasteiger partial charge on any atom is 0.270 e. The molecule has 0 unspecified atom stereocenters. The van der Waals surface area contributed by atoms with Crippen molar-refractivity contribution in [1.29, 1.82) is 5.26 Å². The van der Waals surface area contributed by atoms with Gasteiger partial charge in [-0.15, -0.1) is 10.2 Å². The van der Waals surface area contributed by atoms with E-state index in [0.29, 0.717) is 34.9 Å². The standard InChI is InChI=1S/C19H13N5O3S/c20-10-13-17(14-7-4-8-26-14)21-19(22-18(13)25)28-11-16-24-23-15(27-16)9-12-5-2-1-3-6-12/h1-8H,9,11H2,(H,21,22,25). The lowest BCUT2D eigenvalue weighted by Crippen LogP contribution is -2.14. The summed E-state index contributed by atoms with van der Waals surface area (Å²) in [5.41, 5.74) is 0.657. The number of nitrogens with zero attached hydrogens (tertiary/aromatic N) is 4. The Kier molecular flexibility index (Phi) is 5.03. The van der Waals surface area contributed by atoms with Gasteiger partial charge in [0.2, 0.25) is 11.8 Å². The highest BCUT2D eigenvalue weighted by Crippen LogP contribution is 2.24. The molecule has 0 saturated carbocycles. The Morgan fingerprint density at radius 1 is 1.11 bits per heavy atom. The van der Waals surface area contributed by atoms with E-state index >= 15 is 0 Å². The summed E-state index contributed by atoms with van der Waals surface area (Å²) in [7, 11) is 0. The molecule has 28 heavy (non-hydrogen) atoms. The van der Waals surface area contributed by atoms with E-state index in [4.69, 9.17) is 8.83 Å². The van der Waals surface area contributed by atoms with Gasteiger partial charge in [-0.2, -0.15) is 5.26 Å². The van der Waals surface area contributed by atoms with Crippen LogP contribution in [0.2, 0.25) is 0 Å². The van der Waals surface area contributed by atoms with Gasteiger partial charge < -0.3 is 13.8 Å². The summed E-state index contributed by atoms with van der Waals surface area (Å²) in [5.74, 6) is 1.61. The SMILES string of the molecule is N#Cc1c(-c2ccco2)nc(SCc2nnc(Cc3ccccc3)o2)[nH]c1=O. The van der Waals surface area contributed by atoms with Crippen molar-refractivity contribution in [2.45, 2.75) is 17.3 Å². The van der Waals surface area contributed by atoms with E-state index in [2.05, 4.69) is 20.2 Å². The average molecular weight is 391 g/mol. The van der Waals surface area contributed by atoms with Gasteiger partial charge in [0.25, 0.3) is 5.56 Å². The Bertz CT molecular complexity index is 1180. The fraction of sp³-hybridized carbons (Fsp3) is 0.105. The summed E-state index contributed by atoms with van der Waals surface area (Å²) in [6.45, 7) is 0.